The third kappa shape index (κ3) is 2.62. The van der Waals surface area contributed by atoms with Crippen molar-refractivity contribution in [2.75, 3.05) is 6.61 Å². The van der Waals surface area contributed by atoms with Crippen LogP contribution < -0.4 is 0 Å². The van der Waals surface area contributed by atoms with E-state index >= 15 is 0 Å². The van der Waals surface area contributed by atoms with Crippen LogP contribution in [0.3, 0.4) is 0 Å². The van der Waals surface area contributed by atoms with Gasteiger partial charge in [-0.1, -0.05) is 0 Å². The quantitative estimate of drug-likeness (QED) is 0.846. The molecule has 0 unspecified atom stereocenters. The summed E-state index contributed by atoms with van der Waals surface area (Å²) in [7, 11) is 0. The molecule has 0 radical (unpaired) electrons. The van der Waals surface area contributed by atoms with Crippen LogP contribution in [0.2, 0.25) is 0 Å². The topological polar surface area (TPSA) is 59.4 Å². The van der Waals surface area contributed by atoms with E-state index in [1.54, 1.807) is 18.4 Å². The highest BCUT2D eigenvalue weighted by molar-refractivity contribution is 7.20. The minimum atomic E-state index is -0.917. The predicted molar refractivity (Wildman–Crippen MR) is 67.2 cm³/mol. The molecule has 0 saturated heterocycles. The number of hydrogen-bond acceptors (Lipinski definition) is 4. The Morgan fingerprint density at radius 3 is 3.12 bits per heavy atom. The summed E-state index contributed by atoms with van der Waals surface area (Å²) in [6.07, 6.45) is 3.34. The smallest absolute Gasteiger partial charge is 0.345 e. The number of hydrogen-bond donors (Lipinski definition) is 1. The van der Waals surface area contributed by atoms with Crippen LogP contribution in [0.5, 0.6) is 0 Å². The van der Waals surface area contributed by atoms with E-state index in [-0.39, 0.29) is 0 Å². The number of carboxylic acid groups (broad SMARTS) is 1. The Bertz CT molecular complexity index is 574. The molecule has 0 aliphatic carbocycles. The second-order valence-electron chi connectivity index (χ2n) is 3.30. The van der Waals surface area contributed by atoms with Gasteiger partial charge in [-0.05, 0) is 31.2 Å². The normalized spacial score (nSPS) is 11.1. The van der Waals surface area contributed by atoms with Gasteiger partial charge in [0.1, 0.15) is 9.71 Å². The molecule has 0 saturated carbocycles. The average molecular weight is 249 g/mol. The number of thiophene rings is 1. The van der Waals surface area contributed by atoms with Gasteiger partial charge in [0.2, 0.25) is 0 Å². The number of aromatic carboxylic acids is 1. The highest BCUT2D eigenvalue weighted by atomic mass is 32.1. The van der Waals surface area contributed by atoms with Gasteiger partial charge in [-0.15, -0.1) is 11.3 Å². The number of carbonyl (C=O) groups is 1. The Balaban J connectivity index is 2.33. The lowest BCUT2D eigenvalue weighted by atomic mass is 10.3. The van der Waals surface area contributed by atoms with E-state index in [0.717, 1.165) is 15.9 Å². The monoisotopic (exact) mass is 249 g/mol. The lowest BCUT2D eigenvalue weighted by Gasteiger charge is -1.94. The van der Waals surface area contributed by atoms with Gasteiger partial charge < -0.3 is 9.84 Å². The zero-order chi connectivity index (χ0) is 12.3. The highest BCUT2D eigenvalue weighted by Gasteiger charge is 2.08. The Kier molecular flexibility index (Phi) is 3.39. The maximum Gasteiger partial charge on any atom is 0.345 e. The van der Waals surface area contributed by atoms with Gasteiger partial charge in [0.25, 0.3) is 0 Å². The summed E-state index contributed by atoms with van der Waals surface area (Å²) < 4.78 is 5.08. The van der Waals surface area contributed by atoms with Crippen LogP contribution in [0.1, 0.15) is 22.3 Å². The van der Waals surface area contributed by atoms with E-state index in [4.69, 9.17) is 9.84 Å². The fraction of sp³-hybridized carbons (Fsp3) is 0.167. The molecule has 5 heteroatoms. The molecule has 2 aromatic heterocycles. The van der Waals surface area contributed by atoms with Gasteiger partial charge >= 0.3 is 5.97 Å². The van der Waals surface area contributed by atoms with Crippen molar-refractivity contribution >= 4 is 33.6 Å². The second-order valence-corrected chi connectivity index (χ2v) is 4.34. The SMILES string of the molecule is CCO/C=C/c1ccc2cc(C(=O)O)sc2n1. The fourth-order valence-corrected chi connectivity index (χ4v) is 2.22. The van der Waals surface area contributed by atoms with E-state index < -0.39 is 5.97 Å². The Hall–Kier alpha value is -1.88. The van der Waals surface area contributed by atoms with E-state index in [9.17, 15) is 4.79 Å². The number of rotatable bonds is 4. The molecule has 88 valence electrons. The molecular formula is C12H11NO3S. The highest BCUT2D eigenvalue weighted by Crippen LogP contribution is 2.24. The first kappa shape index (κ1) is 11.6. The molecule has 0 atom stereocenters. The van der Waals surface area contributed by atoms with Gasteiger partial charge in [-0.2, -0.15) is 0 Å². The first-order valence-electron chi connectivity index (χ1n) is 5.12. The molecule has 0 aromatic carbocycles. The summed E-state index contributed by atoms with van der Waals surface area (Å²) in [5, 5.41) is 9.73. The van der Waals surface area contributed by atoms with Gasteiger partial charge in [0.15, 0.2) is 0 Å². The summed E-state index contributed by atoms with van der Waals surface area (Å²) in [5.41, 5.74) is 0.754. The Morgan fingerprint density at radius 2 is 2.41 bits per heavy atom. The van der Waals surface area contributed by atoms with Crippen LogP contribution >= 0.6 is 11.3 Å². The zero-order valence-electron chi connectivity index (χ0n) is 9.21. The van der Waals surface area contributed by atoms with Crippen LogP contribution in [0.15, 0.2) is 24.5 Å². The summed E-state index contributed by atoms with van der Waals surface area (Å²) >= 11 is 1.17. The third-order valence-corrected chi connectivity index (χ3v) is 3.15. The van der Waals surface area contributed by atoms with Gasteiger partial charge in [0.05, 0.1) is 18.6 Å². The van der Waals surface area contributed by atoms with E-state index in [2.05, 4.69) is 4.98 Å². The van der Waals surface area contributed by atoms with Crippen molar-refractivity contribution in [3.8, 4) is 0 Å². The molecule has 2 rings (SSSR count). The standard InChI is InChI=1S/C12H11NO3S/c1-2-16-6-5-9-4-3-8-7-10(12(14)15)17-11(8)13-9/h3-7H,2H2,1H3,(H,14,15)/b6-5+. The molecule has 0 bridgehead atoms. The van der Waals surface area contributed by atoms with Crippen molar-refractivity contribution in [2.24, 2.45) is 0 Å². The molecule has 1 N–H and O–H groups in total. The maximum absolute atomic E-state index is 10.8. The lowest BCUT2D eigenvalue weighted by molar-refractivity contribution is 0.0702. The second kappa shape index (κ2) is 4.97. The van der Waals surface area contributed by atoms with E-state index in [1.165, 1.54) is 11.3 Å². The van der Waals surface area contributed by atoms with Crippen molar-refractivity contribution < 1.29 is 14.6 Å². The number of fused-ring (bicyclic) bond motifs is 1. The first-order valence-corrected chi connectivity index (χ1v) is 5.94. The lowest BCUT2D eigenvalue weighted by Crippen LogP contribution is -1.89. The molecule has 0 aliphatic heterocycles. The van der Waals surface area contributed by atoms with Crippen molar-refractivity contribution in [3.63, 3.8) is 0 Å². The van der Waals surface area contributed by atoms with Crippen molar-refractivity contribution in [3.05, 3.63) is 35.0 Å². The fourth-order valence-electron chi connectivity index (χ4n) is 1.34. The van der Waals surface area contributed by atoms with Crippen LogP contribution in [0.4, 0.5) is 0 Å². The number of aromatic nitrogens is 1. The van der Waals surface area contributed by atoms with Gasteiger partial charge in [0, 0.05) is 5.39 Å². The molecule has 2 aromatic rings. The molecule has 2 heterocycles. The number of pyridine rings is 1. The van der Waals surface area contributed by atoms with Crippen molar-refractivity contribution in [2.45, 2.75) is 6.92 Å². The number of nitrogens with zero attached hydrogens (tertiary/aromatic N) is 1. The molecule has 0 spiro atoms. The Labute approximate surface area is 102 Å². The van der Waals surface area contributed by atoms with Gasteiger partial charge in [-0.25, -0.2) is 9.78 Å². The molecule has 0 amide bonds. The molecule has 17 heavy (non-hydrogen) atoms. The van der Waals surface area contributed by atoms with Crippen LogP contribution in [-0.4, -0.2) is 22.7 Å². The summed E-state index contributed by atoms with van der Waals surface area (Å²) in [4.78, 5) is 16.2. The third-order valence-electron chi connectivity index (χ3n) is 2.12. The largest absolute Gasteiger partial charge is 0.501 e. The zero-order valence-corrected chi connectivity index (χ0v) is 10.0. The maximum atomic E-state index is 10.8. The number of ether oxygens (including phenoxy) is 1. The summed E-state index contributed by atoms with van der Waals surface area (Å²) in [6, 6.07) is 5.32. The molecule has 4 nitrogen and oxygen atoms in total. The van der Waals surface area contributed by atoms with E-state index in [0.29, 0.717) is 11.5 Å². The molecule has 0 fully saturated rings. The van der Waals surface area contributed by atoms with Gasteiger partial charge in [-0.3, -0.25) is 0 Å². The van der Waals surface area contributed by atoms with Crippen LogP contribution in [-0.2, 0) is 4.74 Å². The predicted octanol–water partition coefficient (Wildman–Crippen LogP) is 3.00. The number of carboxylic acids is 1. The molecular weight excluding hydrogens is 238 g/mol. The van der Waals surface area contributed by atoms with Crippen LogP contribution in [0.25, 0.3) is 16.3 Å². The van der Waals surface area contributed by atoms with Crippen molar-refractivity contribution in [1.29, 1.82) is 0 Å². The summed E-state index contributed by atoms with van der Waals surface area (Å²) in [5.74, 6) is -0.917. The van der Waals surface area contributed by atoms with Crippen LogP contribution in [0, 0.1) is 0 Å². The van der Waals surface area contributed by atoms with E-state index in [1.807, 2.05) is 19.1 Å². The minimum Gasteiger partial charge on any atom is -0.501 e. The molecule has 0 aliphatic rings. The summed E-state index contributed by atoms with van der Waals surface area (Å²) in [6.45, 7) is 2.51. The van der Waals surface area contributed by atoms with Crippen molar-refractivity contribution in [1.82, 2.24) is 4.98 Å². The first-order chi connectivity index (χ1) is 8.20. The average Bonchev–Trinajstić information content (AvgIpc) is 2.72. The minimum absolute atomic E-state index is 0.304. The Morgan fingerprint density at radius 1 is 1.59 bits per heavy atom.